The Morgan fingerprint density at radius 2 is 2.16 bits per heavy atom. The molecule has 0 bridgehead atoms. The Hall–Kier alpha value is -4.63. The number of halogens is 1. The summed E-state index contributed by atoms with van der Waals surface area (Å²) in [5, 5.41) is 21.2. The molecule has 14 nitrogen and oxygen atoms in total. The average molecular weight is 512 g/mol. The molecule has 3 aromatic heterocycles. The maximum absolute atomic E-state index is 14.4. The fourth-order valence-electron chi connectivity index (χ4n) is 3.85. The Morgan fingerprint density at radius 1 is 1.35 bits per heavy atom. The van der Waals surface area contributed by atoms with Gasteiger partial charge in [-0.1, -0.05) is 5.16 Å². The number of aliphatic hydroxyl groups is 1. The second-order valence-electron chi connectivity index (χ2n) is 8.26. The molecular weight excluding hydrogens is 491 g/mol. The van der Waals surface area contributed by atoms with Crippen molar-refractivity contribution in [3.63, 3.8) is 0 Å². The first-order valence-electron chi connectivity index (χ1n) is 10.9. The number of carbonyl (C=O) groups excluding carboxylic acids is 2. The van der Waals surface area contributed by atoms with Crippen LogP contribution in [0.5, 0.6) is 6.01 Å². The molecule has 1 aromatic carbocycles. The molecule has 192 valence electrons. The van der Waals surface area contributed by atoms with E-state index in [1.54, 1.807) is 18.3 Å². The summed E-state index contributed by atoms with van der Waals surface area (Å²) in [7, 11) is 1.43. The molecule has 0 spiro atoms. The molecule has 2 unspecified atom stereocenters. The van der Waals surface area contributed by atoms with Gasteiger partial charge in [0.1, 0.15) is 11.2 Å². The largest absolute Gasteiger partial charge is 0.467 e. The normalized spacial score (nSPS) is 17.6. The minimum absolute atomic E-state index is 0.000467. The Bertz CT molecular complexity index is 1500. The number of nitrogens with one attached hydrogen (secondary N) is 1. The number of rotatable bonds is 6. The number of methoxy groups -OCH3 is 1. The number of hydrogen-bond donors (Lipinski definition) is 3. The van der Waals surface area contributed by atoms with E-state index in [4.69, 9.17) is 19.7 Å². The zero-order valence-corrected chi connectivity index (χ0v) is 19.6. The van der Waals surface area contributed by atoms with Crippen molar-refractivity contribution in [3.05, 3.63) is 42.5 Å². The van der Waals surface area contributed by atoms with Crippen molar-refractivity contribution < 1.29 is 33.1 Å². The molecule has 4 aromatic rings. The van der Waals surface area contributed by atoms with Crippen LogP contribution in [0.2, 0.25) is 0 Å². The molecule has 1 aliphatic rings. The molecule has 37 heavy (non-hydrogen) atoms. The number of morpholine rings is 1. The van der Waals surface area contributed by atoms with E-state index in [0.717, 1.165) is 13.0 Å². The molecule has 0 saturated carbocycles. The third kappa shape index (κ3) is 4.30. The van der Waals surface area contributed by atoms with Gasteiger partial charge in [-0.15, -0.1) is 5.10 Å². The average Bonchev–Trinajstić information content (AvgIpc) is 3.51. The Kier molecular flexibility index (Phi) is 5.93. The van der Waals surface area contributed by atoms with Crippen molar-refractivity contribution in [2.75, 3.05) is 36.2 Å². The van der Waals surface area contributed by atoms with Gasteiger partial charge >= 0.3 is 6.01 Å². The second kappa shape index (κ2) is 9.11. The highest BCUT2D eigenvalue weighted by molar-refractivity contribution is 6.06. The van der Waals surface area contributed by atoms with Crippen LogP contribution in [-0.2, 0) is 14.3 Å². The molecule has 0 radical (unpaired) electrons. The van der Waals surface area contributed by atoms with Crippen molar-refractivity contribution >= 4 is 40.1 Å². The van der Waals surface area contributed by atoms with E-state index in [2.05, 4.69) is 25.5 Å². The van der Waals surface area contributed by atoms with Crippen LogP contribution >= 0.6 is 0 Å². The van der Waals surface area contributed by atoms with Gasteiger partial charge in [-0.05, 0) is 13.0 Å². The summed E-state index contributed by atoms with van der Waals surface area (Å²) in [4.78, 5) is 35.7. The fourth-order valence-corrected chi connectivity index (χ4v) is 3.85. The van der Waals surface area contributed by atoms with E-state index >= 15 is 0 Å². The summed E-state index contributed by atoms with van der Waals surface area (Å²) >= 11 is 0. The van der Waals surface area contributed by atoms with Crippen molar-refractivity contribution in [2.24, 2.45) is 0 Å². The number of benzene rings is 1. The van der Waals surface area contributed by atoms with Crippen LogP contribution in [0.25, 0.3) is 16.8 Å². The van der Waals surface area contributed by atoms with Gasteiger partial charge in [0.05, 0.1) is 20.3 Å². The van der Waals surface area contributed by atoms with Gasteiger partial charge < -0.3 is 30.2 Å². The summed E-state index contributed by atoms with van der Waals surface area (Å²) < 4.78 is 31.3. The maximum Gasteiger partial charge on any atom is 0.318 e. The SMILES string of the molecule is COc1nccc(-n2ccc(N3CCOC(C(C)(O)C(=O)Nc4cc(F)c5c(N)noc5c4)C3=O)n2)n1. The molecule has 1 fully saturated rings. The topological polar surface area (TPSA) is 184 Å². The van der Waals surface area contributed by atoms with Crippen LogP contribution < -0.4 is 20.7 Å². The molecular formula is C22H21FN8O6. The van der Waals surface area contributed by atoms with E-state index in [9.17, 15) is 19.1 Å². The van der Waals surface area contributed by atoms with Gasteiger partial charge in [-0.25, -0.2) is 14.1 Å². The summed E-state index contributed by atoms with van der Waals surface area (Å²) in [5.41, 5.74) is 3.20. The highest BCUT2D eigenvalue weighted by Gasteiger charge is 2.49. The summed E-state index contributed by atoms with van der Waals surface area (Å²) in [6.45, 7) is 1.28. The molecule has 4 heterocycles. The number of nitrogens with zero attached hydrogens (tertiary/aromatic N) is 6. The summed E-state index contributed by atoms with van der Waals surface area (Å²) in [6, 6.07) is 5.61. The molecule has 2 amide bonds. The second-order valence-corrected chi connectivity index (χ2v) is 8.26. The number of carbonyl (C=O) groups is 2. The Labute approximate surface area is 207 Å². The van der Waals surface area contributed by atoms with Gasteiger partial charge in [0.15, 0.2) is 34.7 Å². The predicted octanol–water partition coefficient (Wildman–Crippen LogP) is 0.655. The lowest BCUT2D eigenvalue weighted by Gasteiger charge is -2.37. The monoisotopic (exact) mass is 512 g/mol. The number of amides is 2. The number of nitrogen functional groups attached to an aromatic ring is 1. The number of nitrogens with two attached hydrogens (primary N) is 1. The minimum Gasteiger partial charge on any atom is -0.467 e. The van der Waals surface area contributed by atoms with E-state index in [0.29, 0.717) is 5.82 Å². The molecule has 1 aliphatic heterocycles. The zero-order valence-electron chi connectivity index (χ0n) is 19.6. The smallest absolute Gasteiger partial charge is 0.318 e. The zero-order chi connectivity index (χ0) is 26.3. The Morgan fingerprint density at radius 3 is 2.95 bits per heavy atom. The highest BCUT2D eigenvalue weighted by Crippen LogP contribution is 2.29. The first-order chi connectivity index (χ1) is 17.7. The standard InChI is InChI=1S/C22H21FN8O6/c1-22(34,20(33)26-11-9-12(23)16-13(10-11)37-29-18(16)24)17-19(32)30(7-8-36-17)15-4-6-31(28-15)14-3-5-25-21(27-14)35-2/h3-6,9-10,17,34H,7-8H2,1-2H3,(H2,24,29)(H,26,33). The van der Waals surface area contributed by atoms with Crippen molar-refractivity contribution in [1.29, 1.82) is 0 Å². The van der Waals surface area contributed by atoms with Crippen LogP contribution in [0.1, 0.15) is 6.92 Å². The third-order valence-electron chi connectivity index (χ3n) is 5.76. The van der Waals surface area contributed by atoms with Crippen LogP contribution in [0.3, 0.4) is 0 Å². The summed E-state index contributed by atoms with van der Waals surface area (Å²) in [6.07, 6.45) is 1.51. The number of aromatic nitrogens is 5. The first-order valence-corrected chi connectivity index (χ1v) is 10.9. The Balaban J connectivity index is 1.35. The molecule has 2 atom stereocenters. The lowest BCUT2D eigenvalue weighted by Crippen LogP contribution is -2.61. The number of hydrogen-bond acceptors (Lipinski definition) is 11. The molecule has 1 saturated heterocycles. The van der Waals surface area contributed by atoms with Gasteiger partial charge in [-0.2, -0.15) is 4.98 Å². The number of fused-ring (bicyclic) bond motifs is 1. The number of ether oxygens (including phenoxy) is 2. The van der Waals surface area contributed by atoms with Crippen LogP contribution in [-0.4, -0.2) is 73.8 Å². The minimum atomic E-state index is -2.33. The van der Waals surface area contributed by atoms with Gasteiger partial charge in [0.25, 0.3) is 11.8 Å². The number of anilines is 3. The first kappa shape index (κ1) is 24.1. The fraction of sp³-hybridized carbons (Fsp3) is 0.273. The van der Waals surface area contributed by atoms with Crippen LogP contribution in [0.4, 0.5) is 21.7 Å². The quantitative estimate of drug-likeness (QED) is 0.330. The van der Waals surface area contributed by atoms with Crippen LogP contribution in [0, 0.1) is 5.82 Å². The predicted molar refractivity (Wildman–Crippen MR) is 125 cm³/mol. The summed E-state index contributed by atoms with van der Waals surface area (Å²) in [5.74, 6) is -1.96. The van der Waals surface area contributed by atoms with E-state index in [1.165, 1.54) is 29.0 Å². The highest BCUT2D eigenvalue weighted by atomic mass is 19.1. The molecule has 15 heteroatoms. The van der Waals surface area contributed by atoms with Crippen molar-refractivity contribution in [2.45, 2.75) is 18.6 Å². The van der Waals surface area contributed by atoms with Crippen molar-refractivity contribution in [3.8, 4) is 11.8 Å². The molecule has 0 aliphatic carbocycles. The lowest BCUT2D eigenvalue weighted by molar-refractivity contribution is -0.165. The van der Waals surface area contributed by atoms with E-state index in [-0.39, 0.29) is 47.5 Å². The van der Waals surface area contributed by atoms with E-state index < -0.39 is 29.3 Å². The van der Waals surface area contributed by atoms with Crippen LogP contribution in [0.15, 0.2) is 41.2 Å². The van der Waals surface area contributed by atoms with E-state index in [1.807, 2.05) is 0 Å². The van der Waals surface area contributed by atoms with Gasteiger partial charge in [0, 0.05) is 36.3 Å². The third-order valence-corrected chi connectivity index (χ3v) is 5.76. The van der Waals surface area contributed by atoms with Crippen molar-refractivity contribution in [1.82, 2.24) is 24.9 Å². The van der Waals surface area contributed by atoms with Gasteiger partial charge in [-0.3, -0.25) is 14.5 Å². The maximum atomic E-state index is 14.4. The van der Waals surface area contributed by atoms with Gasteiger partial charge in [0.2, 0.25) is 0 Å². The molecule has 4 N–H and O–H groups in total. The molecule has 5 rings (SSSR count). The lowest BCUT2D eigenvalue weighted by atomic mass is 9.95.